The van der Waals surface area contributed by atoms with E-state index < -0.39 is 0 Å². The lowest BCUT2D eigenvalue weighted by Crippen LogP contribution is -2.38. The minimum Gasteiger partial charge on any atom is -0.494 e. The Labute approximate surface area is 201 Å². The molecular formula is C26H35N3O5. The van der Waals surface area contributed by atoms with Crippen LogP contribution in [-0.4, -0.2) is 69.3 Å². The second-order valence-corrected chi connectivity index (χ2v) is 8.24. The van der Waals surface area contributed by atoms with Crippen molar-refractivity contribution in [2.75, 3.05) is 46.6 Å². The normalized spacial score (nSPS) is 14.0. The number of hydrogen-bond acceptors (Lipinski definition) is 6. The number of rotatable bonds is 12. The van der Waals surface area contributed by atoms with Gasteiger partial charge in [-0.05, 0) is 68.8 Å². The summed E-state index contributed by atoms with van der Waals surface area (Å²) in [5, 5.41) is 5.46. The SMILES string of the molecule is CCOc1ccc(C(=O)NCC(=O)NCc2cccc(OCCN(C)C3CCOCC3)c2)cc1. The van der Waals surface area contributed by atoms with Crippen molar-refractivity contribution in [3.63, 3.8) is 0 Å². The number of carbonyl (C=O) groups excluding carboxylic acids is 2. The van der Waals surface area contributed by atoms with E-state index in [0.29, 0.717) is 37.1 Å². The molecule has 0 spiro atoms. The maximum atomic E-state index is 12.2. The van der Waals surface area contributed by atoms with Crippen molar-refractivity contribution < 1.29 is 23.8 Å². The van der Waals surface area contributed by atoms with Gasteiger partial charge in [-0.3, -0.25) is 14.5 Å². The third-order valence-electron chi connectivity index (χ3n) is 5.75. The summed E-state index contributed by atoms with van der Waals surface area (Å²) in [5.74, 6) is 0.910. The van der Waals surface area contributed by atoms with Crippen LogP contribution >= 0.6 is 0 Å². The quantitative estimate of drug-likeness (QED) is 0.497. The van der Waals surface area contributed by atoms with Crippen LogP contribution in [0.4, 0.5) is 0 Å². The lowest BCUT2D eigenvalue weighted by Gasteiger charge is -2.31. The van der Waals surface area contributed by atoms with E-state index in [-0.39, 0.29) is 18.4 Å². The standard InChI is InChI=1S/C26H35N3O5/c1-3-33-23-9-7-21(8-10-23)26(31)28-19-25(30)27-18-20-5-4-6-24(17-20)34-16-13-29(2)22-11-14-32-15-12-22/h4-10,17,22H,3,11-16,18-19H2,1-2H3,(H,27,30)(H,28,31). The topological polar surface area (TPSA) is 89.1 Å². The van der Waals surface area contributed by atoms with Gasteiger partial charge in [-0.2, -0.15) is 0 Å². The summed E-state index contributed by atoms with van der Waals surface area (Å²) in [4.78, 5) is 26.7. The van der Waals surface area contributed by atoms with Gasteiger partial charge in [-0.1, -0.05) is 12.1 Å². The fraction of sp³-hybridized carbons (Fsp3) is 0.462. The van der Waals surface area contributed by atoms with Crippen LogP contribution in [0, 0.1) is 0 Å². The van der Waals surface area contributed by atoms with Crippen LogP contribution in [0.25, 0.3) is 0 Å². The largest absolute Gasteiger partial charge is 0.494 e. The van der Waals surface area contributed by atoms with E-state index in [1.807, 2.05) is 31.2 Å². The predicted molar refractivity (Wildman–Crippen MR) is 130 cm³/mol. The summed E-state index contributed by atoms with van der Waals surface area (Å²) >= 11 is 0. The summed E-state index contributed by atoms with van der Waals surface area (Å²) in [5.41, 5.74) is 1.41. The first-order valence-corrected chi connectivity index (χ1v) is 11.8. The third kappa shape index (κ3) is 8.35. The van der Waals surface area contributed by atoms with Gasteiger partial charge in [-0.25, -0.2) is 0 Å². The van der Waals surface area contributed by atoms with E-state index in [0.717, 1.165) is 43.9 Å². The van der Waals surface area contributed by atoms with Gasteiger partial charge in [-0.15, -0.1) is 0 Å². The van der Waals surface area contributed by atoms with E-state index in [9.17, 15) is 9.59 Å². The molecule has 0 unspecified atom stereocenters. The van der Waals surface area contributed by atoms with E-state index in [4.69, 9.17) is 14.2 Å². The number of carbonyl (C=O) groups is 2. The van der Waals surface area contributed by atoms with Crippen LogP contribution in [0.2, 0.25) is 0 Å². The molecule has 1 aliphatic rings. The maximum absolute atomic E-state index is 12.2. The molecule has 0 bridgehead atoms. The van der Waals surface area contributed by atoms with Gasteiger partial charge in [0.15, 0.2) is 0 Å². The first kappa shape index (κ1) is 25.5. The van der Waals surface area contributed by atoms with E-state index in [1.165, 1.54) is 0 Å². The molecule has 2 amide bonds. The Bertz CT molecular complexity index is 913. The molecule has 8 nitrogen and oxygen atoms in total. The van der Waals surface area contributed by atoms with Crippen molar-refractivity contribution in [3.05, 3.63) is 59.7 Å². The molecule has 0 saturated carbocycles. The molecule has 2 N–H and O–H groups in total. The highest BCUT2D eigenvalue weighted by atomic mass is 16.5. The summed E-state index contributed by atoms with van der Waals surface area (Å²) in [6.45, 7) is 5.83. The molecule has 1 saturated heterocycles. The van der Waals surface area contributed by atoms with E-state index in [1.54, 1.807) is 24.3 Å². The van der Waals surface area contributed by atoms with Gasteiger partial charge in [0.2, 0.25) is 5.91 Å². The average Bonchev–Trinajstić information content (AvgIpc) is 2.87. The number of amides is 2. The predicted octanol–water partition coefficient (Wildman–Crippen LogP) is 2.62. The number of hydrogen-bond donors (Lipinski definition) is 2. The summed E-state index contributed by atoms with van der Waals surface area (Å²) < 4.78 is 16.7. The first-order chi connectivity index (χ1) is 16.5. The smallest absolute Gasteiger partial charge is 0.251 e. The molecule has 0 aromatic heterocycles. The summed E-state index contributed by atoms with van der Waals surface area (Å²) in [7, 11) is 2.12. The summed E-state index contributed by atoms with van der Waals surface area (Å²) in [6.07, 6.45) is 2.12. The van der Waals surface area contributed by atoms with Crippen molar-refractivity contribution >= 4 is 11.8 Å². The Balaban J connectivity index is 1.36. The van der Waals surface area contributed by atoms with Gasteiger partial charge in [0, 0.05) is 37.9 Å². The molecular weight excluding hydrogens is 434 g/mol. The Morgan fingerprint density at radius 3 is 2.53 bits per heavy atom. The second kappa shape index (κ2) is 13.6. The molecule has 0 aliphatic carbocycles. The molecule has 34 heavy (non-hydrogen) atoms. The Hall–Kier alpha value is -3.10. The van der Waals surface area contributed by atoms with Crippen LogP contribution in [0.5, 0.6) is 11.5 Å². The van der Waals surface area contributed by atoms with Crippen LogP contribution in [-0.2, 0) is 16.1 Å². The zero-order valence-corrected chi connectivity index (χ0v) is 20.0. The number of nitrogens with zero attached hydrogens (tertiary/aromatic N) is 1. The van der Waals surface area contributed by atoms with Crippen LogP contribution in [0.1, 0.15) is 35.7 Å². The minimum atomic E-state index is -0.306. The van der Waals surface area contributed by atoms with Crippen LogP contribution in [0.3, 0.4) is 0 Å². The molecule has 0 atom stereocenters. The molecule has 3 rings (SSSR count). The fourth-order valence-electron chi connectivity index (χ4n) is 3.76. The minimum absolute atomic E-state index is 0.0965. The van der Waals surface area contributed by atoms with Crippen molar-refractivity contribution in [1.82, 2.24) is 15.5 Å². The molecule has 8 heteroatoms. The zero-order chi connectivity index (χ0) is 24.2. The monoisotopic (exact) mass is 469 g/mol. The highest BCUT2D eigenvalue weighted by molar-refractivity contribution is 5.96. The first-order valence-electron chi connectivity index (χ1n) is 11.8. The van der Waals surface area contributed by atoms with Gasteiger partial charge >= 0.3 is 0 Å². The number of benzene rings is 2. The number of nitrogens with one attached hydrogen (secondary N) is 2. The Morgan fingerprint density at radius 2 is 1.79 bits per heavy atom. The molecule has 2 aromatic carbocycles. The van der Waals surface area contributed by atoms with E-state index in [2.05, 4.69) is 22.6 Å². The van der Waals surface area contributed by atoms with Gasteiger partial charge < -0.3 is 24.8 Å². The number of ether oxygens (including phenoxy) is 3. The maximum Gasteiger partial charge on any atom is 0.251 e. The van der Waals surface area contributed by atoms with E-state index >= 15 is 0 Å². The van der Waals surface area contributed by atoms with Crippen molar-refractivity contribution in [2.24, 2.45) is 0 Å². The van der Waals surface area contributed by atoms with Crippen LogP contribution < -0.4 is 20.1 Å². The Morgan fingerprint density at radius 1 is 1.03 bits per heavy atom. The van der Waals surface area contributed by atoms with Crippen molar-refractivity contribution in [3.8, 4) is 11.5 Å². The lowest BCUT2D eigenvalue weighted by molar-refractivity contribution is -0.120. The Kier molecular flexibility index (Phi) is 10.2. The van der Waals surface area contributed by atoms with Crippen LogP contribution in [0.15, 0.2) is 48.5 Å². The molecule has 2 aromatic rings. The zero-order valence-electron chi connectivity index (χ0n) is 20.0. The molecule has 1 fully saturated rings. The van der Waals surface area contributed by atoms with Gasteiger partial charge in [0.05, 0.1) is 13.2 Å². The molecule has 1 heterocycles. The highest BCUT2D eigenvalue weighted by Crippen LogP contribution is 2.15. The fourth-order valence-corrected chi connectivity index (χ4v) is 3.76. The van der Waals surface area contributed by atoms with Gasteiger partial charge in [0.1, 0.15) is 18.1 Å². The highest BCUT2D eigenvalue weighted by Gasteiger charge is 2.18. The van der Waals surface area contributed by atoms with Crippen molar-refractivity contribution in [2.45, 2.75) is 32.4 Å². The summed E-state index contributed by atoms with van der Waals surface area (Å²) in [6, 6.07) is 15.0. The second-order valence-electron chi connectivity index (χ2n) is 8.24. The lowest BCUT2D eigenvalue weighted by atomic mass is 10.1. The molecule has 0 radical (unpaired) electrons. The average molecular weight is 470 g/mol. The molecule has 184 valence electrons. The van der Waals surface area contributed by atoms with Crippen molar-refractivity contribution in [1.29, 1.82) is 0 Å². The third-order valence-corrected chi connectivity index (χ3v) is 5.75. The van der Waals surface area contributed by atoms with Gasteiger partial charge in [0.25, 0.3) is 5.91 Å². The molecule has 1 aliphatic heterocycles. The number of likely N-dealkylation sites (N-methyl/N-ethyl adjacent to an activating group) is 1.